The molecular weight excluding hydrogens is 402 g/mol. The van der Waals surface area contributed by atoms with E-state index in [0.29, 0.717) is 0 Å². The fraction of sp³-hybridized carbons (Fsp3) is 0. The molecule has 0 bridgehead atoms. The van der Waals surface area contributed by atoms with Crippen LogP contribution in [0.4, 0.5) is 0 Å². The molecule has 0 aromatic heterocycles. The summed E-state index contributed by atoms with van der Waals surface area (Å²) in [6.45, 7) is 0. The Morgan fingerprint density at radius 1 is 0.632 bits per heavy atom. The number of hydrogen-bond acceptors (Lipinski definition) is 7. The molecule has 19 heavy (non-hydrogen) atoms. The van der Waals surface area contributed by atoms with Gasteiger partial charge in [0.15, 0.2) is 5.96 Å². The molecular formula is CH11Cr3N3O12. The van der Waals surface area contributed by atoms with Crippen LogP contribution in [0.15, 0.2) is 0 Å². The van der Waals surface area contributed by atoms with Gasteiger partial charge in [0.25, 0.3) is 0 Å². The van der Waals surface area contributed by atoms with Crippen LogP contribution in [0.25, 0.3) is 0 Å². The predicted molar refractivity (Wildman–Crippen MR) is 33.5 cm³/mol. The molecule has 0 aromatic carbocycles. The molecule has 120 valence electrons. The van der Waals surface area contributed by atoms with Gasteiger partial charge in [-0.05, 0) is 0 Å². The van der Waals surface area contributed by atoms with Crippen LogP contribution in [0.3, 0.4) is 0 Å². The molecule has 0 fully saturated rings. The van der Waals surface area contributed by atoms with Gasteiger partial charge in [-0.15, -0.1) is 0 Å². The van der Waals surface area contributed by atoms with Crippen molar-refractivity contribution < 1.29 is 88.6 Å². The summed E-state index contributed by atoms with van der Waals surface area (Å²) in [7, 11) is 0. The van der Waals surface area contributed by atoms with Gasteiger partial charge in [0.05, 0.1) is 0 Å². The maximum absolute atomic E-state index is 8.82. The van der Waals surface area contributed by atoms with E-state index in [1.165, 1.54) is 0 Å². The van der Waals surface area contributed by atoms with Crippen molar-refractivity contribution in [2.45, 2.75) is 0 Å². The quantitative estimate of drug-likeness (QED) is 0.132. The Morgan fingerprint density at radius 2 is 0.632 bits per heavy atom. The molecule has 0 saturated heterocycles. The average Bonchev–Trinajstić information content (AvgIpc) is 1.66. The minimum absolute atomic E-state index is 0.333. The minimum atomic E-state index is -5.25. The molecule has 0 aliphatic heterocycles. The molecule has 0 spiro atoms. The monoisotopic (exact) mass is 413 g/mol. The molecule has 0 amide bonds. The van der Waals surface area contributed by atoms with Gasteiger partial charge < -0.3 is 11.5 Å². The van der Waals surface area contributed by atoms with E-state index < -0.39 is 40.8 Å². The van der Waals surface area contributed by atoms with E-state index in [0.717, 1.165) is 0 Å². The van der Waals surface area contributed by atoms with E-state index in [1.54, 1.807) is 0 Å². The van der Waals surface area contributed by atoms with Gasteiger partial charge in [0, 0.05) is 0 Å². The summed E-state index contributed by atoms with van der Waals surface area (Å²) in [6, 6.07) is 0. The van der Waals surface area contributed by atoms with E-state index in [1.807, 2.05) is 0 Å². The number of nitrogens with one attached hydrogen (secondary N) is 1. The van der Waals surface area contributed by atoms with Crippen LogP contribution in [0.5, 0.6) is 0 Å². The van der Waals surface area contributed by atoms with Crippen LogP contribution < -0.4 is 11.5 Å². The van der Waals surface area contributed by atoms with Crippen LogP contribution in [-0.2, 0) is 63.7 Å². The Labute approximate surface area is 111 Å². The van der Waals surface area contributed by atoms with E-state index in [-0.39, 0.29) is 5.96 Å². The zero-order chi connectivity index (χ0) is 17.1. The summed E-state index contributed by atoms with van der Waals surface area (Å²) < 4.78 is 95.6. The first kappa shape index (κ1) is 26.9. The van der Waals surface area contributed by atoms with Crippen molar-refractivity contribution in [2.75, 3.05) is 0 Å². The van der Waals surface area contributed by atoms with Gasteiger partial charge >= 0.3 is 88.6 Å². The molecule has 18 heteroatoms. The third kappa shape index (κ3) is 12700. The van der Waals surface area contributed by atoms with Crippen molar-refractivity contribution in [1.82, 2.24) is 0 Å². The standard InChI is InChI=1S/CH5N3.3Cr.6H2O.6O/c2-1(3)4;;;;;;;;;;;;;;;/h(H5,2,3,4);;;;6*1H2;;;;;;/q;3*+2;;;;;;;;;;;;/p-6. The fourth-order valence-electron chi connectivity index (χ4n) is 0. The zero-order valence-corrected chi connectivity index (χ0v) is 12.3. The summed E-state index contributed by atoms with van der Waals surface area (Å²) in [6.07, 6.45) is 0. The number of hydrogen-bond donors (Lipinski definition) is 9. The van der Waals surface area contributed by atoms with E-state index in [4.69, 9.17) is 53.2 Å². The second-order valence-electron chi connectivity index (χ2n) is 1.80. The van der Waals surface area contributed by atoms with Gasteiger partial charge in [-0.3, -0.25) is 5.41 Å². The first-order valence-electron chi connectivity index (χ1n) is 2.92. The molecule has 0 aliphatic rings. The normalized spacial score (nSPS) is 10.4. The van der Waals surface area contributed by atoms with Crippen molar-refractivity contribution in [3.63, 3.8) is 0 Å². The Bertz CT molecular complexity index is 425. The number of guanidine groups is 1. The van der Waals surface area contributed by atoms with Crippen molar-refractivity contribution in [2.24, 2.45) is 11.5 Å². The molecule has 0 heterocycles. The maximum atomic E-state index is 8.82. The van der Waals surface area contributed by atoms with Crippen LogP contribution >= 0.6 is 0 Å². The van der Waals surface area contributed by atoms with Crippen molar-refractivity contribution in [3.8, 4) is 0 Å². The van der Waals surface area contributed by atoms with Crippen molar-refractivity contribution in [3.05, 3.63) is 0 Å². The third-order valence-electron chi connectivity index (χ3n) is 0. The molecule has 0 radical (unpaired) electrons. The van der Waals surface area contributed by atoms with Gasteiger partial charge in [-0.25, -0.2) is 0 Å². The SMILES string of the molecule is N=C(N)N.[O]=[Cr](=[O])([OH])[OH].[O]=[Cr](=[O])([OH])[OH].[O]=[Cr](=[O])([OH])[OH]. The van der Waals surface area contributed by atoms with Gasteiger partial charge in [0.1, 0.15) is 0 Å². The molecule has 0 aliphatic carbocycles. The Balaban J connectivity index is -0.0000000793. The summed E-state index contributed by atoms with van der Waals surface area (Å²) in [5.41, 5.74) is 8.94. The Kier molecular flexibility index (Phi) is 15.9. The summed E-state index contributed by atoms with van der Waals surface area (Å²) >= 11 is -15.8. The molecule has 0 saturated carbocycles. The van der Waals surface area contributed by atoms with Crippen LogP contribution in [-0.4, -0.2) is 30.9 Å². The van der Waals surface area contributed by atoms with E-state index >= 15 is 0 Å². The predicted octanol–water partition coefficient (Wildman–Crippen LogP) is -5.22. The van der Waals surface area contributed by atoms with E-state index in [2.05, 4.69) is 11.5 Å². The summed E-state index contributed by atoms with van der Waals surface area (Å²) in [5, 5.41) is 6.06. The number of rotatable bonds is 0. The second kappa shape index (κ2) is 11.3. The number of nitrogens with two attached hydrogens (primary N) is 2. The third-order valence-corrected chi connectivity index (χ3v) is 0. The molecule has 0 atom stereocenters. The van der Waals surface area contributed by atoms with E-state index in [9.17, 15) is 0 Å². The topological polar surface area (TPSA) is 300 Å². The molecule has 0 rings (SSSR count). The molecule has 15 nitrogen and oxygen atoms in total. The van der Waals surface area contributed by atoms with Gasteiger partial charge in [-0.2, -0.15) is 0 Å². The van der Waals surface area contributed by atoms with Crippen LogP contribution in [0.2, 0.25) is 0 Å². The first-order chi connectivity index (χ1) is 7.73. The average molecular weight is 413 g/mol. The fourth-order valence-corrected chi connectivity index (χ4v) is 0. The van der Waals surface area contributed by atoms with Crippen LogP contribution in [0, 0.1) is 5.41 Å². The Morgan fingerprint density at radius 3 is 0.632 bits per heavy atom. The Hall–Kier alpha value is -0.573. The summed E-state index contributed by atoms with van der Waals surface area (Å²) in [5.74, 6) is -0.333. The van der Waals surface area contributed by atoms with Crippen molar-refractivity contribution >= 4 is 5.96 Å². The summed E-state index contributed by atoms with van der Waals surface area (Å²) in [4.78, 5) is 0. The van der Waals surface area contributed by atoms with Crippen molar-refractivity contribution in [1.29, 1.82) is 5.41 Å². The molecule has 11 N–H and O–H groups in total. The second-order valence-corrected chi connectivity index (χ2v) is 5.99. The van der Waals surface area contributed by atoms with Gasteiger partial charge in [-0.1, -0.05) is 0 Å². The first-order valence-corrected chi connectivity index (χ1v) is 9.47. The van der Waals surface area contributed by atoms with Gasteiger partial charge in [0.2, 0.25) is 0 Å². The zero-order valence-electron chi connectivity index (χ0n) is 8.51. The molecule has 0 unspecified atom stereocenters. The molecule has 0 aromatic rings. The van der Waals surface area contributed by atoms with Crippen LogP contribution in [0.1, 0.15) is 0 Å².